The van der Waals surface area contributed by atoms with Crippen molar-refractivity contribution in [3.63, 3.8) is 0 Å². The van der Waals surface area contributed by atoms with E-state index < -0.39 is 0 Å². The summed E-state index contributed by atoms with van der Waals surface area (Å²) in [5.41, 5.74) is 0. The summed E-state index contributed by atoms with van der Waals surface area (Å²) in [6.07, 6.45) is 8.03. The second kappa shape index (κ2) is 6.22. The van der Waals surface area contributed by atoms with Crippen LogP contribution in [-0.4, -0.2) is 18.5 Å². The van der Waals surface area contributed by atoms with Gasteiger partial charge in [0.1, 0.15) is 6.79 Å². The van der Waals surface area contributed by atoms with E-state index in [1.165, 1.54) is 6.08 Å². The molecule has 0 spiro atoms. The molecular weight excluding hydrogens is 104 g/mol. The molecule has 0 saturated heterocycles. The maximum atomic E-state index is 8.06. The fourth-order valence-electron chi connectivity index (χ4n) is 0.237. The van der Waals surface area contributed by atoms with Gasteiger partial charge in [-0.3, -0.25) is 0 Å². The molecule has 0 aliphatic carbocycles. The standard InChI is InChI=1S/C6H8O2/c1-2-3-4-5-8-6-7/h1,3-4,7H,5-6H2. The van der Waals surface area contributed by atoms with E-state index in [1.54, 1.807) is 6.08 Å². The second-order valence-corrected chi connectivity index (χ2v) is 1.07. The van der Waals surface area contributed by atoms with Crippen LogP contribution in [0.5, 0.6) is 0 Å². The van der Waals surface area contributed by atoms with Crippen molar-refractivity contribution < 1.29 is 9.84 Å². The monoisotopic (exact) mass is 112 g/mol. The fourth-order valence-corrected chi connectivity index (χ4v) is 0.237. The number of aliphatic hydroxyl groups excluding tert-OH is 1. The summed E-state index contributed by atoms with van der Waals surface area (Å²) in [5, 5.41) is 8.06. The molecule has 2 nitrogen and oxygen atoms in total. The highest BCUT2D eigenvalue weighted by Crippen LogP contribution is 1.72. The third-order valence-electron chi connectivity index (χ3n) is 0.519. The van der Waals surface area contributed by atoms with E-state index in [-0.39, 0.29) is 6.79 Å². The highest BCUT2D eigenvalue weighted by atomic mass is 16.6. The molecule has 1 N–H and O–H groups in total. The van der Waals surface area contributed by atoms with E-state index in [4.69, 9.17) is 11.5 Å². The van der Waals surface area contributed by atoms with Gasteiger partial charge >= 0.3 is 0 Å². The first-order valence-electron chi connectivity index (χ1n) is 2.21. The molecule has 2 heteroatoms. The number of aliphatic hydroxyl groups is 1. The zero-order valence-electron chi connectivity index (χ0n) is 4.50. The first kappa shape index (κ1) is 7.22. The van der Waals surface area contributed by atoms with Crippen molar-refractivity contribution in [2.24, 2.45) is 0 Å². The van der Waals surface area contributed by atoms with E-state index in [1.807, 2.05) is 0 Å². The lowest BCUT2D eigenvalue weighted by molar-refractivity contribution is 0.0132. The molecule has 8 heavy (non-hydrogen) atoms. The minimum atomic E-state index is -0.255. The van der Waals surface area contributed by atoms with E-state index in [0.717, 1.165) is 0 Å². The molecule has 0 fully saturated rings. The Labute approximate surface area is 48.8 Å². The highest BCUT2D eigenvalue weighted by Gasteiger charge is 1.71. The van der Waals surface area contributed by atoms with Crippen molar-refractivity contribution in [3.8, 4) is 12.3 Å². The fraction of sp³-hybridized carbons (Fsp3) is 0.333. The summed E-state index contributed by atoms with van der Waals surface area (Å²) in [6, 6.07) is 0. The van der Waals surface area contributed by atoms with E-state index in [9.17, 15) is 0 Å². The number of hydrogen-bond acceptors (Lipinski definition) is 2. The summed E-state index contributed by atoms with van der Waals surface area (Å²) in [4.78, 5) is 0. The Morgan fingerprint density at radius 3 is 3.00 bits per heavy atom. The molecule has 0 atom stereocenters. The third kappa shape index (κ3) is 5.22. The average molecular weight is 112 g/mol. The van der Waals surface area contributed by atoms with Gasteiger partial charge in [0.25, 0.3) is 0 Å². The largest absolute Gasteiger partial charge is 0.371 e. The van der Waals surface area contributed by atoms with Crippen LogP contribution in [0.25, 0.3) is 0 Å². The maximum absolute atomic E-state index is 8.06. The van der Waals surface area contributed by atoms with Crippen LogP contribution in [0.4, 0.5) is 0 Å². The first-order chi connectivity index (χ1) is 3.91. The number of ether oxygens (including phenoxy) is 1. The van der Waals surface area contributed by atoms with Crippen molar-refractivity contribution >= 4 is 0 Å². The van der Waals surface area contributed by atoms with E-state index >= 15 is 0 Å². The summed E-state index contributed by atoms with van der Waals surface area (Å²) in [6.45, 7) is 0.121. The molecule has 0 saturated carbocycles. The van der Waals surface area contributed by atoms with Crippen LogP contribution in [0.1, 0.15) is 0 Å². The van der Waals surface area contributed by atoms with Crippen molar-refractivity contribution in [1.29, 1.82) is 0 Å². The zero-order valence-corrected chi connectivity index (χ0v) is 4.50. The summed E-state index contributed by atoms with van der Waals surface area (Å²) < 4.78 is 4.51. The van der Waals surface area contributed by atoms with Crippen molar-refractivity contribution in [2.75, 3.05) is 13.4 Å². The molecule has 0 rings (SSSR count). The molecule has 0 aliphatic rings. The van der Waals surface area contributed by atoms with Gasteiger partial charge in [-0.1, -0.05) is 12.0 Å². The Kier molecular flexibility index (Phi) is 5.61. The summed E-state index contributed by atoms with van der Waals surface area (Å²) >= 11 is 0. The summed E-state index contributed by atoms with van der Waals surface area (Å²) in [7, 11) is 0. The van der Waals surface area contributed by atoms with Gasteiger partial charge in [-0.25, -0.2) is 0 Å². The summed E-state index contributed by atoms with van der Waals surface area (Å²) in [5.74, 6) is 2.28. The van der Waals surface area contributed by atoms with Crippen LogP contribution in [0.2, 0.25) is 0 Å². The van der Waals surface area contributed by atoms with Gasteiger partial charge in [0, 0.05) is 0 Å². The van der Waals surface area contributed by atoms with Gasteiger partial charge in [-0.15, -0.1) is 6.42 Å². The molecule has 0 aliphatic heterocycles. The average Bonchev–Trinajstić information content (AvgIpc) is 1.81. The molecule has 0 radical (unpaired) electrons. The molecule has 0 aromatic heterocycles. The molecule has 0 amide bonds. The SMILES string of the molecule is C#CC=CCOCO. The Morgan fingerprint density at radius 2 is 2.50 bits per heavy atom. The molecule has 0 aromatic carbocycles. The number of rotatable bonds is 3. The van der Waals surface area contributed by atoms with Crippen LogP contribution in [0.15, 0.2) is 12.2 Å². The van der Waals surface area contributed by atoms with Crippen molar-refractivity contribution in [2.45, 2.75) is 0 Å². The normalized spacial score (nSPS) is 9.50. The molecule has 0 aromatic rings. The van der Waals surface area contributed by atoms with Gasteiger partial charge in [0.2, 0.25) is 0 Å². The molecule has 0 unspecified atom stereocenters. The van der Waals surface area contributed by atoms with Crippen LogP contribution in [0, 0.1) is 12.3 Å². The van der Waals surface area contributed by atoms with Gasteiger partial charge in [0.15, 0.2) is 0 Å². The predicted molar refractivity (Wildman–Crippen MR) is 31.0 cm³/mol. The highest BCUT2D eigenvalue weighted by molar-refractivity contribution is 5.08. The Hall–Kier alpha value is -0.780. The molecule has 0 heterocycles. The molecule has 0 bridgehead atoms. The van der Waals surface area contributed by atoms with Gasteiger partial charge < -0.3 is 9.84 Å². The minimum absolute atomic E-state index is 0.255. The first-order valence-corrected chi connectivity index (χ1v) is 2.21. The van der Waals surface area contributed by atoms with E-state index in [0.29, 0.717) is 6.61 Å². The van der Waals surface area contributed by atoms with Gasteiger partial charge in [-0.2, -0.15) is 0 Å². The second-order valence-electron chi connectivity index (χ2n) is 1.07. The van der Waals surface area contributed by atoms with Crippen LogP contribution >= 0.6 is 0 Å². The zero-order chi connectivity index (χ0) is 6.24. The van der Waals surface area contributed by atoms with Crippen molar-refractivity contribution in [1.82, 2.24) is 0 Å². The Morgan fingerprint density at radius 1 is 1.75 bits per heavy atom. The lowest BCUT2D eigenvalue weighted by atomic mass is 10.5. The topological polar surface area (TPSA) is 29.5 Å². The van der Waals surface area contributed by atoms with Crippen LogP contribution < -0.4 is 0 Å². The third-order valence-corrected chi connectivity index (χ3v) is 0.519. The minimum Gasteiger partial charge on any atom is -0.371 e. The Bertz CT molecular complexity index is 99.6. The molecule has 44 valence electrons. The van der Waals surface area contributed by atoms with Crippen molar-refractivity contribution in [3.05, 3.63) is 12.2 Å². The number of terminal acetylenes is 1. The quantitative estimate of drug-likeness (QED) is 0.320. The number of allylic oxidation sites excluding steroid dienone is 1. The Balaban J connectivity index is 2.94. The smallest absolute Gasteiger partial charge is 0.143 e. The number of hydrogen-bond donors (Lipinski definition) is 1. The molecular formula is C6H8O2. The van der Waals surface area contributed by atoms with E-state index in [2.05, 4.69) is 10.7 Å². The van der Waals surface area contributed by atoms with Crippen LogP contribution in [-0.2, 0) is 4.74 Å². The van der Waals surface area contributed by atoms with Gasteiger partial charge in [-0.05, 0) is 6.08 Å². The lowest BCUT2D eigenvalue weighted by Gasteiger charge is -1.88. The predicted octanol–water partition coefficient (Wildman–Crippen LogP) is 0.142. The lowest BCUT2D eigenvalue weighted by Crippen LogP contribution is -1.90. The van der Waals surface area contributed by atoms with Gasteiger partial charge in [0.05, 0.1) is 6.61 Å². The maximum Gasteiger partial charge on any atom is 0.143 e. The van der Waals surface area contributed by atoms with Crippen LogP contribution in [0.3, 0.4) is 0 Å².